The number of hydrogen-bond acceptors (Lipinski definition) is 6. The van der Waals surface area contributed by atoms with Gasteiger partial charge in [-0.2, -0.15) is 13.2 Å². The van der Waals surface area contributed by atoms with E-state index in [0.29, 0.717) is 16.6 Å². The number of hydrogen-bond donors (Lipinski definition) is 1. The molecule has 1 aromatic rings. The molecule has 1 N–H and O–H groups in total. The van der Waals surface area contributed by atoms with Crippen LogP contribution >= 0.6 is 11.8 Å². The van der Waals surface area contributed by atoms with Crippen LogP contribution in [0, 0.1) is 16.0 Å². The van der Waals surface area contributed by atoms with Gasteiger partial charge in [0, 0.05) is 6.07 Å². The predicted octanol–water partition coefficient (Wildman–Crippen LogP) is 3.57. The molecule has 0 heterocycles. The van der Waals surface area contributed by atoms with Crippen LogP contribution in [-0.4, -0.2) is 41.9 Å². The van der Waals surface area contributed by atoms with Gasteiger partial charge >= 0.3 is 12.1 Å². The smallest absolute Gasteiger partial charge is 0.405 e. The van der Waals surface area contributed by atoms with Crippen molar-refractivity contribution >= 4 is 29.3 Å². The van der Waals surface area contributed by atoms with Gasteiger partial charge in [0.2, 0.25) is 0 Å². The number of nitro groups is 1. The Labute approximate surface area is 157 Å². The molecule has 0 radical (unpaired) electrons. The van der Waals surface area contributed by atoms with Crippen molar-refractivity contribution in [1.82, 2.24) is 5.32 Å². The van der Waals surface area contributed by atoms with Crippen LogP contribution in [0.1, 0.15) is 30.6 Å². The molecule has 0 aliphatic rings. The van der Waals surface area contributed by atoms with E-state index in [2.05, 4.69) is 4.74 Å². The number of benzene rings is 1. The number of nitrogens with one attached hydrogen (secondary N) is 1. The van der Waals surface area contributed by atoms with Crippen molar-refractivity contribution in [3.05, 3.63) is 33.9 Å². The lowest BCUT2D eigenvalue weighted by Crippen LogP contribution is -2.36. The Morgan fingerprint density at radius 3 is 2.56 bits per heavy atom. The molecule has 7 nitrogen and oxygen atoms in total. The number of thioether (sulfide) groups is 1. The second kappa shape index (κ2) is 10.1. The highest BCUT2D eigenvalue weighted by molar-refractivity contribution is 7.99. The van der Waals surface area contributed by atoms with Crippen molar-refractivity contribution in [1.29, 1.82) is 0 Å². The third-order valence-electron chi connectivity index (χ3n) is 3.16. The van der Waals surface area contributed by atoms with Gasteiger partial charge in [-0.15, -0.1) is 11.8 Å². The number of amides is 1. The summed E-state index contributed by atoms with van der Waals surface area (Å²) in [5, 5.41) is 12.8. The normalized spacial score (nSPS) is 11.3. The number of carbonyl (C=O) groups is 2. The zero-order valence-corrected chi connectivity index (χ0v) is 15.5. The van der Waals surface area contributed by atoms with Crippen LogP contribution in [0.2, 0.25) is 0 Å². The first-order valence-electron chi connectivity index (χ1n) is 7.91. The van der Waals surface area contributed by atoms with Crippen LogP contribution < -0.4 is 5.32 Å². The molecule has 1 amide bonds. The maximum absolute atomic E-state index is 12.0. The first-order valence-corrected chi connectivity index (χ1v) is 8.90. The van der Waals surface area contributed by atoms with Crippen molar-refractivity contribution in [2.75, 3.05) is 18.9 Å². The lowest BCUT2D eigenvalue weighted by atomic mass is 10.2. The fourth-order valence-electron chi connectivity index (χ4n) is 1.78. The molecular formula is C16H19F3N2O5S. The summed E-state index contributed by atoms with van der Waals surface area (Å²) in [6.45, 7) is 1.59. The number of carbonyl (C=O) groups excluding carboxylic acids is 2. The van der Waals surface area contributed by atoms with E-state index in [1.165, 1.54) is 23.9 Å². The first-order chi connectivity index (χ1) is 12.5. The van der Waals surface area contributed by atoms with Gasteiger partial charge in [0.15, 0.2) is 6.61 Å². The second-order valence-corrected chi connectivity index (χ2v) is 7.08. The Bertz CT molecular complexity index is 695. The fourth-order valence-corrected chi connectivity index (χ4v) is 3.03. The van der Waals surface area contributed by atoms with Crippen LogP contribution in [0.4, 0.5) is 18.9 Å². The van der Waals surface area contributed by atoms with Gasteiger partial charge in [-0.05, 0) is 30.2 Å². The topological polar surface area (TPSA) is 98.5 Å². The highest BCUT2D eigenvalue weighted by Crippen LogP contribution is 2.31. The van der Waals surface area contributed by atoms with Gasteiger partial charge < -0.3 is 10.1 Å². The highest BCUT2D eigenvalue weighted by atomic mass is 32.2. The quantitative estimate of drug-likeness (QED) is 0.290. The minimum atomic E-state index is -4.58. The van der Waals surface area contributed by atoms with Gasteiger partial charge in [0.05, 0.1) is 15.4 Å². The number of rotatable bonds is 9. The molecular weight excluding hydrogens is 389 g/mol. The van der Waals surface area contributed by atoms with Crippen LogP contribution in [0.3, 0.4) is 0 Å². The Balaban J connectivity index is 2.70. The molecule has 1 aromatic carbocycles. The number of ether oxygens (including phenoxy) is 1. The Morgan fingerprint density at radius 2 is 2.00 bits per heavy atom. The molecule has 0 aliphatic heterocycles. The molecule has 0 atom stereocenters. The summed E-state index contributed by atoms with van der Waals surface area (Å²) in [5.74, 6) is -1.06. The SMILES string of the molecule is CC(C)CCSc1ccc(C(=O)OCC(=O)NCC(F)(F)F)cc1[N+](=O)[O-]. The maximum atomic E-state index is 12.0. The van der Waals surface area contributed by atoms with Crippen molar-refractivity contribution in [3.8, 4) is 0 Å². The van der Waals surface area contributed by atoms with Crippen molar-refractivity contribution in [2.24, 2.45) is 5.92 Å². The van der Waals surface area contributed by atoms with Crippen molar-refractivity contribution < 1.29 is 32.4 Å². The van der Waals surface area contributed by atoms with E-state index in [9.17, 15) is 32.9 Å². The number of nitrogens with zero attached hydrogens (tertiary/aromatic N) is 1. The second-order valence-electron chi connectivity index (χ2n) is 5.94. The minimum absolute atomic E-state index is 0.168. The third kappa shape index (κ3) is 8.76. The van der Waals surface area contributed by atoms with Gasteiger partial charge in [0.1, 0.15) is 6.54 Å². The third-order valence-corrected chi connectivity index (χ3v) is 4.26. The average molecular weight is 408 g/mol. The molecule has 0 saturated heterocycles. The van der Waals surface area contributed by atoms with Gasteiger partial charge in [0.25, 0.3) is 11.6 Å². The first kappa shape index (κ1) is 22.7. The summed E-state index contributed by atoms with van der Waals surface area (Å²) in [6.07, 6.45) is -3.72. The van der Waals surface area contributed by atoms with E-state index < -0.39 is 36.1 Å². The van der Waals surface area contributed by atoms with E-state index >= 15 is 0 Å². The van der Waals surface area contributed by atoms with E-state index in [4.69, 9.17) is 0 Å². The number of esters is 1. The molecule has 0 saturated carbocycles. The Morgan fingerprint density at radius 1 is 1.33 bits per heavy atom. The largest absolute Gasteiger partial charge is 0.452 e. The van der Waals surface area contributed by atoms with Crippen LogP contribution in [0.5, 0.6) is 0 Å². The zero-order chi connectivity index (χ0) is 20.6. The fraction of sp³-hybridized carbons (Fsp3) is 0.500. The zero-order valence-electron chi connectivity index (χ0n) is 14.7. The maximum Gasteiger partial charge on any atom is 0.405 e. The summed E-state index contributed by atoms with van der Waals surface area (Å²) in [6, 6.07) is 3.73. The lowest BCUT2D eigenvalue weighted by Gasteiger charge is -2.09. The number of halogens is 3. The molecule has 0 aliphatic carbocycles. The highest BCUT2D eigenvalue weighted by Gasteiger charge is 2.28. The number of alkyl halides is 3. The van der Waals surface area contributed by atoms with E-state index in [0.717, 1.165) is 12.5 Å². The molecule has 11 heteroatoms. The standard InChI is InChI=1S/C16H19F3N2O5S/c1-10(2)5-6-27-13-4-3-11(7-12(13)21(24)25)15(23)26-8-14(22)20-9-16(17,18)19/h3-4,7,10H,5-6,8-9H2,1-2H3,(H,20,22). The van der Waals surface area contributed by atoms with E-state index in [1.807, 2.05) is 13.8 Å². The summed E-state index contributed by atoms with van der Waals surface area (Å²) in [4.78, 5) is 34.1. The Hall–Kier alpha value is -2.30. The molecule has 0 spiro atoms. The molecule has 1 rings (SSSR count). The monoisotopic (exact) mass is 408 g/mol. The van der Waals surface area contributed by atoms with Crippen LogP contribution in [0.15, 0.2) is 23.1 Å². The Kier molecular flexibility index (Phi) is 8.54. The number of nitro benzene ring substituents is 1. The molecule has 0 aromatic heterocycles. The molecule has 0 fully saturated rings. The van der Waals surface area contributed by atoms with E-state index in [1.54, 1.807) is 5.32 Å². The lowest BCUT2D eigenvalue weighted by molar-refractivity contribution is -0.387. The molecule has 27 heavy (non-hydrogen) atoms. The molecule has 0 bridgehead atoms. The molecule has 0 unspecified atom stereocenters. The summed E-state index contributed by atoms with van der Waals surface area (Å²) < 4.78 is 40.5. The van der Waals surface area contributed by atoms with Crippen LogP contribution in [-0.2, 0) is 9.53 Å². The molecule has 150 valence electrons. The van der Waals surface area contributed by atoms with Crippen LogP contribution in [0.25, 0.3) is 0 Å². The van der Waals surface area contributed by atoms with Gasteiger partial charge in [-0.1, -0.05) is 13.8 Å². The van der Waals surface area contributed by atoms with Crippen molar-refractivity contribution in [2.45, 2.75) is 31.3 Å². The summed E-state index contributed by atoms with van der Waals surface area (Å²) in [7, 11) is 0. The van der Waals surface area contributed by atoms with Crippen molar-refractivity contribution in [3.63, 3.8) is 0 Å². The van der Waals surface area contributed by atoms with Gasteiger partial charge in [-0.25, -0.2) is 4.79 Å². The van der Waals surface area contributed by atoms with Gasteiger partial charge in [-0.3, -0.25) is 14.9 Å². The minimum Gasteiger partial charge on any atom is -0.452 e. The van der Waals surface area contributed by atoms with E-state index in [-0.39, 0.29) is 11.3 Å². The predicted molar refractivity (Wildman–Crippen MR) is 92.6 cm³/mol. The average Bonchev–Trinajstić information content (AvgIpc) is 2.56. The summed E-state index contributed by atoms with van der Waals surface area (Å²) >= 11 is 1.29. The summed E-state index contributed by atoms with van der Waals surface area (Å²) in [5.41, 5.74) is -0.446.